The third-order valence-corrected chi connectivity index (χ3v) is 5.02. The highest BCUT2D eigenvalue weighted by Gasteiger charge is 2.48. The minimum Gasteiger partial charge on any atom is -0.329 e. The van der Waals surface area contributed by atoms with Crippen molar-refractivity contribution in [3.8, 4) is 0 Å². The smallest absolute Gasteiger partial charge is 0.0362 e. The molecule has 2 N–H and O–H groups in total. The number of rotatable bonds is 4. The van der Waals surface area contributed by atoms with E-state index in [0.717, 1.165) is 24.4 Å². The zero-order valence-corrected chi connectivity index (χ0v) is 11.2. The van der Waals surface area contributed by atoms with Crippen LogP contribution < -0.4 is 5.73 Å². The first kappa shape index (κ1) is 12.4. The van der Waals surface area contributed by atoms with Gasteiger partial charge in [-0.15, -0.1) is 0 Å². The van der Waals surface area contributed by atoms with Crippen molar-refractivity contribution in [2.24, 2.45) is 17.6 Å². The van der Waals surface area contributed by atoms with E-state index in [-0.39, 0.29) is 0 Å². The van der Waals surface area contributed by atoms with E-state index in [9.17, 15) is 0 Å². The summed E-state index contributed by atoms with van der Waals surface area (Å²) in [7, 11) is 2.32. The molecule has 2 aliphatic carbocycles. The summed E-state index contributed by atoms with van der Waals surface area (Å²) in [6.45, 7) is 5.60. The molecule has 0 heterocycles. The van der Waals surface area contributed by atoms with Crippen molar-refractivity contribution in [1.82, 2.24) is 4.90 Å². The molecule has 0 radical (unpaired) electrons. The zero-order chi connectivity index (χ0) is 11.8. The highest BCUT2D eigenvalue weighted by molar-refractivity contribution is 5.04. The van der Waals surface area contributed by atoms with E-state index in [2.05, 4.69) is 25.8 Å². The number of nitrogens with zero attached hydrogens (tertiary/aromatic N) is 1. The highest BCUT2D eigenvalue weighted by atomic mass is 15.2. The fraction of sp³-hybridized carbons (Fsp3) is 1.00. The highest BCUT2D eigenvalue weighted by Crippen LogP contribution is 2.45. The summed E-state index contributed by atoms with van der Waals surface area (Å²) in [5, 5.41) is 0. The molecular formula is C14H28N2. The molecule has 2 atom stereocenters. The first-order valence-corrected chi connectivity index (χ1v) is 7.05. The molecule has 2 fully saturated rings. The topological polar surface area (TPSA) is 29.3 Å². The second kappa shape index (κ2) is 4.66. The Morgan fingerprint density at radius 2 is 1.94 bits per heavy atom. The fourth-order valence-corrected chi connectivity index (χ4v) is 3.86. The molecule has 0 saturated heterocycles. The summed E-state index contributed by atoms with van der Waals surface area (Å²) < 4.78 is 0. The van der Waals surface area contributed by atoms with Crippen molar-refractivity contribution in [1.29, 1.82) is 0 Å². The van der Waals surface area contributed by atoms with Crippen LogP contribution in [-0.4, -0.2) is 30.1 Å². The van der Waals surface area contributed by atoms with Gasteiger partial charge in [-0.3, -0.25) is 4.90 Å². The van der Waals surface area contributed by atoms with Crippen LogP contribution >= 0.6 is 0 Å². The average Bonchev–Trinajstić information content (AvgIpc) is 3.11. The molecule has 0 aliphatic heterocycles. The van der Waals surface area contributed by atoms with Crippen LogP contribution in [0.5, 0.6) is 0 Å². The van der Waals surface area contributed by atoms with Crippen LogP contribution in [0.15, 0.2) is 0 Å². The van der Waals surface area contributed by atoms with Gasteiger partial charge in [-0.1, -0.05) is 26.7 Å². The summed E-state index contributed by atoms with van der Waals surface area (Å²) >= 11 is 0. The Bertz CT molecular complexity index is 235. The molecule has 2 unspecified atom stereocenters. The second-order valence-corrected chi connectivity index (χ2v) is 6.25. The SMILES string of the molecule is CC(C)C1CCCCC1(CN)N(C)C1CC1. The monoisotopic (exact) mass is 224 g/mol. The molecule has 2 rings (SSSR count). The van der Waals surface area contributed by atoms with Crippen molar-refractivity contribution >= 4 is 0 Å². The van der Waals surface area contributed by atoms with Gasteiger partial charge in [-0.25, -0.2) is 0 Å². The molecule has 94 valence electrons. The van der Waals surface area contributed by atoms with Crippen molar-refractivity contribution in [2.45, 2.75) is 64.0 Å². The van der Waals surface area contributed by atoms with E-state index in [1.807, 2.05) is 0 Å². The van der Waals surface area contributed by atoms with E-state index in [0.29, 0.717) is 5.54 Å². The van der Waals surface area contributed by atoms with Crippen LogP contribution in [0.1, 0.15) is 52.4 Å². The van der Waals surface area contributed by atoms with Gasteiger partial charge >= 0.3 is 0 Å². The third kappa shape index (κ3) is 2.02. The Labute approximate surface area is 101 Å². The Hall–Kier alpha value is -0.0800. The van der Waals surface area contributed by atoms with Gasteiger partial charge in [0.15, 0.2) is 0 Å². The van der Waals surface area contributed by atoms with Gasteiger partial charge in [0.1, 0.15) is 0 Å². The van der Waals surface area contributed by atoms with Gasteiger partial charge in [0.25, 0.3) is 0 Å². The normalized spacial score (nSPS) is 36.0. The minimum absolute atomic E-state index is 0.313. The van der Waals surface area contributed by atoms with Crippen LogP contribution in [0.3, 0.4) is 0 Å². The molecule has 2 heteroatoms. The lowest BCUT2D eigenvalue weighted by atomic mass is 9.67. The summed E-state index contributed by atoms with van der Waals surface area (Å²) in [6, 6.07) is 0.836. The first-order valence-electron chi connectivity index (χ1n) is 7.05. The van der Waals surface area contributed by atoms with E-state index >= 15 is 0 Å². The van der Waals surface area contributed by atoms with E-state index in [1.54, 1.807) is 0 Å². The van der Waals surface area contributed by atoms with Crippen LogP contribution in [0, 0.1) is 11.8 Å². The predicted molar refractivity (Wildman–Crippen MR) is 69.4 cm³/mol. The number of hydrogen-bond acceptors (Lipinski definition) is 2. The molecule has 0 bridgehead atoms. The number of hydrogen-bond donors (Lipinski definition) is 1. The molecule has 0 aromatic rings. The zero-order valence-electron chi connectivity index (χ0n) is 11.2. The number of likely N-dealkylation sites (N-methyl/N-ethyl adjacent to an activating group) is 1. The van der Waals surface area contributed by atoms with E-state index < -0.39 is 0 Å². The lowest BCUT2D eigenvalue weighted by Crippen LogP contribution is -2.60. The van der Waals surface area contributed by atoms with E-state index in [1.165, 1.54) is 38.5 Å². The molecule has 0 amide bonds. The average molecular weight is 224 g/mol. The maximum absolute atomic E-state index is 6.19. The summed E-state index contributed by atoms with van der Waals surface area (Å²) in [5.41, 5.74) is 6.50. The summed E-state index contributed by atoms with van der Waals surface area (Å²) in [6.07, 6.45) is 8.26. The van der Waals surface area contributed by atoms with Crippen molar-refractivity contribution in [3.05, 3.63) is 0 Å². The van der Waals surface area contributed by atoms with Gasteiger partial charge in [-0.2, -0.15) is 0 Å². The largest absolute Gasteiger partial charge is 0.329 e. The lowest BCUT2D eigenvalue weighted by Gasteiger charge is -2.51. The summed E-state index contributed by atoms with van der Waals surface area (Å²) in [4.78, 5) is 2.65. The minimum atomic E-state index is 0.313. The predicted octanol–water partition coefficient (Wildman–Crippen LogP) is 2.62. The van der Waals surface area contributed by atoms with Gasteiger partial charge in [0.05, 0.1) is 0 Å². The van der Waals surface area contributed by atoms with Crippen molar-refractivity contribution in [2.75, 3.05) is 13.6 Å². The van der Waals surface area contributed by atoms with Gasteiger partial charge in [0, 0.05) is 18.1 Å². The second-order valence-electron chi connectivity index (χ2n) is 6.25. The number of nitrogens with two attached hydrogens (primary N) is 1. The first-order chi connectivity index (χ1) is 7.62. The Morgan fingerprint density at radius 3 is 2.44 bits per heavy atom. The quantitative estimate of drug-likeness (QED) is 0.795. The Morgan fingerprint density at radius 1 is 1.25 bits per heavy atom. The maximum Gasteiger partial charge on any atom is 0.0362 e. The molecule has 2 nitrogen and oxygen atoms in total. The van der Waals surface area contributed by atoms with Crippen LogP contribution in [-0.2, 0) is 0 Å². The maximum atomic E-state index is 6.19. The molecule has 0 spiro atoms. The van der Waals surface area contributed by atoms with Crippen LogP contribution in [0.2, 0.25) is 0 Å². The fourth-order valence-electron chi connectivity index (χ4n) is 3.86. The molecule has 2 saturated carbocycles. The summed E-state index contributed by atoms with van der Waals surface area (Å²) in [5.74, 6) is 1.57. The molecular weight excluding hydrogens is 196 g/mol. The molecule has 0 aromatic carbocycles. The molecule has 2 aliphatic rings. The van der Waals surface area contributed by atoms with Crippen molar-refractivity contribution < 1.29 is 0 Å². The van der Waals surface area contributed by atoms with Gasteiger partial charge < -0.3 is 5.73 Å². The van der Waals surface area contributed by atoms with Crippen molar-refractivity contribution in [3.63, 3.8) is 0 Å². The van der Waals surface area contributed by atoms with E-state index in [4.69, 9.17) is 5.73 Å². The van der Waals surface area contributed by atoms with Gasteiger partial charge in [0.2, 0.25) is 0 Å². The third-order valence-electron chi connectivity index (χ3n) is 5.02. The van der Waals surface area contributed by atoms with Gasteiger partial charge in [-0.05, 0) is 44.6 Å². The van der Waals surface area contributed by atoms with Crippen LogP contribution in [0.25, 0.3) is 0 Å². The molecule has 16 heavy (non-hydrogen) atoms. The van der Waals surface area contributed by atoms with Crippen LogP contribution in [0.4, 0.5) is 0 Å². The Balaban J connectivity index is 2.19. The standard InChI is InChI=1S/C14H28N2/c1-11(2)13-6-4-5-9-14(13,10-15)16(3)12-7-8-12/h11-13H,4-10,15H2,1-3H3. The molecule has 0 aromatic heterocycles. The Kier molecular flexibility index (Phi) is 3.60. The lowest BCUT2D eigenvalue weighted by molar-refractivity contribution is -0.00197.